The molecule has 1 heterocycles. The number of nitrogens with zero attached hydrogens (tertiary/aromatic N) is 3. The molecule has 2 aromatic carbocycles. The van der Waals surface area contributed by atoms with Crippen LogP contribution in [0.25, 0.3) is 0 Å². The van der Waals surface area contributed by atoms with Gasteiger partial charge in [-0.1, -0.05) is 35.9 Å². The van der Waals surface area contributed by atoms with Crippen LogP contribution in [0.5, 0.6) is 5.75 Å². The number of rotatable bonds is 6. The van der Waals surface area contributed by atoms with Crippen LogP contribution in [0.4, 0.5) is 17.5 Å². The van der Waals surface area contributed by atoms with Crippen LogP contribution >= 0.6 is 11.6 Å². The molecular weight excluding hydrogens is 326 g/mol. The van der Waals surface area contributed by atoms with Gasteiger partial charge < -0.3 is 15.4 Å². The minimum absolute atomic E-state index is 0.378. The van der Waals surface area contributed by atoms with Crippen molar-refractivity contribution in [2.24, 2.45) is 0 Å². The van der Waals surface area contributed by atoms with Gasteiger partial charge in [0.05, 0.1) is 24.0 Å². The summed E-state index contributed by atoms with van der Waals surface area (Å²) < 4.78 is 5.14. The molecule has 0 saturated carbocycles. The molecule has 0 saturated heterocycles. The summed E-state index contributed by atoms with van der Waals surface area (Å²) in [5.41, 5.74) is 1.84. The molecule has 3 rings (SSSR count). The van der Waals surface area contributed by atoms with Crippen molar-refractivity contribution in [2.75, 3.05) is 17.7 Å². The van der Waals surface area contributed by atoms with Crippen LogP contribution in [0, 0.1) is 0 Å². The van der Waals surface area contributed by atoms with Crippen LogP contribution in [0.3, 0.4) is 0 Å². The van der Waals surface area contributed by atoms with Gasteiger partial charge in [0.2, 0.25) is 5.95 Å². The largest absolute Gasteiger partial charge is 0.497 e. The Morgan fingerprint density at radius 2 is 1.88 bits per heavy atom. The van der Waals surface area contributed by atoms with E-state index in [1.807, 2.05) is 42.5 Å². The van der Waals surface area contributed by atoms with Gasteiger partial charge in [0.25, 0.3) is 0 Å². The Morgan fingerprint density at radius 3 is 2.62 bits per heavy atom. The number of para-hydroxylation sites is 1. The Morgan fingerprint density at radius 1 is 1.08 bits per heavy atom. The molecule has 0 atom stereocenters. The zero-order chi connectivity index (χ0) is 16.8. The van der Waals surface area contributed by atoms with Crippen molar-refractivity contribution in [1.82, 2.24) is 15.2 Å². The molecule has 122 valence electrons. The molecule has 0 aliphatic carbocycles. The van der Waals surface area contributed by atoms with E-state index in [1.165, 1.54) is 0 Å². The normalized spacial score (nSPS) is 10.2. The SMILES string of the molecule is COc1ccc(CNc2cnnc(Nc3ccccc3Cl)n2)cc1. The minimum Gasteiger partial charge on any atom is -0.497 e. The number of methoxy groups -OCH3 is 1. The molecule has 0 amide bonds. The van der Waals surface area contributed by atoms with E-state index in [1.54, 1.807) is 19.4 Å². The van der Waals surface area contributed by atoms with E-state index in [0.29, 0.717) is 23.3 Å². The number of benzene rings is 2. The Bertz CT molecular complexity index is 810. The first-order valence-electron chi connectivity index (χ1n) is 7.32. The molecule has 3 aromatic rings. The molecule has 0 bridgehead atoms. The fourth-order valence-corrected chi connectivity index (χ4v) is 2.24. The fourth-order valence-electron chi connectivity index (χ4n) is 2.06. The van der Waals surface area contributed by atoms with Crippen molar-refractivity contribution in [3.05, 3.63) is 65.3 Å². The lowest BCUT2D eigenvalue weighted by molar-refractivity contribution is 0.414. The van der Waals surface area contributed by atoms with Gasteiger partial charge in [0, 0.05) is 6.54 Å². The maximum Gasteiger partial charge on any atom is 0.249 e. The molecular formula is C17H16ClN5O. The summed E-state index contributed by atoms with van der Waals surface area (Å²) in [6, 6.07) is 15.2. The van der Waals surface area contributed by atoms with Crippen LogP contribution in [0.2, 0.25) is 5.02 Å². The first-order chi connectivity index (χ1) is 11.7. The second-order valence-electron chi connectivity index (χ2n) is 4.97. The molecule has 2 N–H and O–H groups in total. The number of halogens is 1. The number of nitrogens with one attached hydrogen (secondary N) is 2. The van der Waals surface area contributed by atoms with Gasteiger partial charge in [-0.25, -0.2) is 0 Å². The molecule has 7 heteroatoms. The predicted molar refractivity (Wildman–Crippen MR) is 94.9 cm³/mol. The molecule has 0 aliphatic heterocycles. The van der Waals surface area contributed by atoms with Gasteiger partial charge in [-0.15, -0.1) is 5.10 Å². The second-order valence-corrected chi connectivity index (χ2v) is 5.38. The average Bonchev–Trinajstić information content (AvgIpc) is 2.63. The van der Waals surface area contributed by atoms with Crippen molar-refractivity contribution < 1.29 is 4.74 Å². The lowest BCUT2D eigenvalue weighted by Crippen LogP contribution is -2.05. The van der Waals surface area contributed by atoms with Crippen molar-refractivity contribution >= 4 is 29.1 Å². The topological polar surface area (TPSA) is 72.0 Å². The zero-order valence-corrected chi connectivity index (χ0v) is 13.8. The third-order valence-corrected chi connectivity index (χ3v) is 3.64. The maximum absolute atomic E-state index is 6.12. The summed E-state index contributed by atoms with van der Waals surface area (Å²) in [4.78, 5) is 4.38. The number of ether oxygens (including phenoxy) is 1. The van der Waals surface area contributed by atoms with E-state index < -0.39 is 0 Å². The summed E-state index contributed by atoms with van der Waals surface area (Å²) in [5, 5.41) is 14.8. The molecule has 1 aromatic heterocycles. The molecule has 0 fully saturated rings. The smallest absolute Gasteiger partial charge is 0.249 e. The minimum atomic E-state index is 0.378. The highest BCUT2D eigenvalue weighted by Gasteiger charge is 2.04. The summed E-state index contributed by atoms with van der Waals surface area (Å²) >= 11 is 6.12. The molecule has 0 unspecified atom stereocenters. The monoisotopic (exact) mass is 341 g/mol. The standard InChI is InChI=1S/C17H16ClN5O/c1-24-13-8-6-12(7-9-13)10-19-16-11-20-23-17(22-16)21-15-5-3-2-4-14(15)18/h2-9,11H,10H2,1H3,(H2,19,21,22,23). The quantitative estimate of drug-likeness (QED) is 0.708. The number of anilines is 3. The lowest BCUT2D eigenvalue weighted by atomic mass is 10.2. The van der Waals surface area contributed by atoms with Gasteiger partial charge >= 0.3 is 0 Å². The molecule has 6 nitrogen and oxygen atoms in total. The number of hydrogen-bond acceptors (Lipinski definition) is 6. The molecule has 0 radical (unpaired) electrons. The van der Waals surface area contributed by atoms with Crippen molar-refractivity contribution in [2.45, 2.75) is 6.54 Å². The predicted octanol–water partition coefficient (Wildman–Crippen LogP) is 3.89. The van der Waals surface area contributed by atoms with Gasteiger partial charge in [-0.3, -0.25) is 0 Å². The zero-order valence-electron chi connectivity index (χ0n) is 13.0. The van der Waals surface area contributed by atoms with Crippen LogP contribution < -0.4 is 15.4 Å². The fraction of sp³-hybridized carbons (Fsp3) is 0.118. The summed E-state index contributed by atoms with van der Waals surface area (Å²) in [6.07, 6.45) is 1.57. The van der Waals surface area contributed by atoms with E-state index in [9.17, 15) is 0 Å². The Balaban J connectivity index is 1.65. The van der Waals surface area contributed by atoms with E-state index in [2.05, 4.69) is 25.8 Å². The van der Waals surface area contributed by atoms with Gasteiger partial charge in [-0.2, -0.15) is 10.1 Å². The Labute approximate surface area is 144 Å². The van der Waals surface area contributed by atoms with Crippen molar-refractivity contribution in [3.63, 3.8) is 0 Å². The highest BCUT2D eigenvalue weighted by atomic mass is 35.5. The molecule has 0 spiro atoms. The molecule has 24 heavy (non-hydrogen) atoms. The van der Waals surface area contributed by atoms with E-state index >= 15 is 0 Å². The van der Waals surface area contributed by atoms with Crippen molar-refractivity contribution in [3.8, 4) is 5.75 Å². The van der Waals surface area contributed by atoms with Gasteiger partial charge in [0.1, 0.15) is 5.75 Å². The Kier molecular flexibility index (Phi) is 5.08. The van der Waals surface area contributed by atoms with Crippen LogP contribution in [-0.2, 0) is 6.54 Å². The summed E-state index contributed by atoms with van der Waals surface area (Å²) in [6.45, 7) is 0.619. The summed E-state index contributed by atoms with van der Waals surface area (Å²) in [5.74, 6) is 1.83. The second kappa shape index (κ2) is 7.61. The van der Waals surface area contributed by atoms with Crippen LogP contribution in [0.15, 0.2) is 54.7 Å². The highest BCUT2D eigenvalue weighted by Crippen LogP contribution is 2.23. The van der Waals surface area contributed by atoms with E-state index in [-0.39, 0.29) is 0 Å². The lowest BCUT2D eigenvalue weighted by Gasteiger charge is -2.09. The summed E-state index contributed by atoms with van der Waals surface area (Å²) in [7, 11) is 1.65. The number of hydrogen-bond donors (Lipinski definition) is 2. The molecule has 0 aliphatic rings. The third-order valence-electron chi connectivity index (χ3n) is 3.31. The first-order valence-corrected chi connectivity index (χ1v) is 7.70. The van der Waals surface area contributed by atoms with Crippen LogP contribution in [-0.4, -0.2) is 22.3 Å². The van der Waals surface area contributed by atoms with E-state index in [4.69, 9.17) is 16.3 Å². The third kappa shape index (κ3) is 4.11. The van der Waals surface area contributed by atoms with Gasteiger partial charge in [0.15, 0.2) is 5.82 Å². The van der Waals surface area contributed by atoms with E-state index in [0.717, 1.165) is 17.0 Å². The van der Waals surface area contributed by atoms with Gasteiger partial charge in [-0.05, 0) is 29.8 Å². The first kappa shape index (κ1) is 16.0. The maximum atomic E-state index is 6.12. The average molecular weight is 342 g/mol. The van der Waals surface area contributed by atoms with Crippen molar-refractivity contribution in [1.29, 1.82) is 0 Å². The van der Waals surface area contributed by atoms with Crippen LogP contribution in [0.1, 0.15) is 5.56 Å². The number of aromatic nitrogens is 3. The highest BCUT2D eigenvalue weighted by molar-refractivity contribution is 6.33. The Hall–Kier alpha value is -2.86.